The van der Waals surface area contributed by atoms with Crippen molar-refractivity contribution in [2.75, 3.05) is 13.1 Å². The first-order valence-electron chi connectivity index (χ1n) is 7.23. The first-order chi connectivity index (χ1) is 10.5. The van der Waals surface area contributed by atoms with Crippen LogP contribution in [-0.4, -0.2) is 38.7 Å². The van der Waals surface area contributed by atoms with Gasteiger partial charge in [-0.2, -0.15) is 5.26 Å². The summed E-state index contributed by atoms with van der Waals surface area (Å²) in [5.41, 5.74) is 1.72. The second-order valence-electron chi connectivity index (χ2n) is 5.67. The number of phenols is 1. The zero-order valence-electron chi connectivity index (χ0n) is 12.3. The maximum atomic E-state index is 11.7. The lowest BCUT2D eigenvalue weighted by atomic mass is 10.1. The molecule has 1 aliphatic heterocycles. The Hall–Kier alpha value is -2.52. The Morgan fingerprint density at radius 2 is 2.05 bits per heavy atom. The number of aromatic hydroxyl groups is 1. The van der Waals surface area contributed by atoms with Gasteiger partial charge in [0.15, 0.2) is 0 Å². The number of carbonyl (C=O) groups is 1. The highest BCUT2D eigenvalue weighted by molar-refractivity contribution is 6.06. The predicted molar refractivity (Wildman–Crippen MR) is 80.8 cm³/mol. The number of carboxylic acids is 1. The summed E-state index contributed by atoms with van der Waals surface area (Å²) in [4.78, 5) is 13.9. The number of benzene rings is 1. The molecule has 0 amide bonds. The third kappa shape index (κ3) is 2.20. The minimum atomic E-state index is -1.01. The van der Waals surface area contributed by atoms with Crippen LogP contribution in [0.15, 0.2) is 12.1 Å². The number of carboxylic acid groups (broad SMARTS) is 1. The minimum Gasteiger partial charge on any atom is -0.507 e. The van der Waals surface area contributed by atoms with Crippen LogP contribution >= 0.6 is 0 Å². The summed E-state index contributed by atoms with van der Waals surface area (Å²) in [6.45, 7) is 2.50. The van der Waals surface area contributed by atoms with Crippen molar-refractivity contribution in [3.05, 3.63) is 29.0 Å². The number of hydrogen-bond acceptors (Lipinski definition) is 4. The summed E-state index contributed by atoms with van der Waals surface area (Å²) in [6.07, 6.45) is 2.26. The van der Waals surface area contributed by atoms with Gasteiger partial charge in [-0.1, -0.05) is 0 Å². The van der Waals surface area contributed by atoms with Gasteiger partial charge in [0.2, 0.25) is 0 Å². The van der Waals surface area contributed by atoms with E-state index in [-0.39, 0.29) is 16.9 Å². The van der Waals surface area contributed by atoms with E-state index in [1.165, 1.54) is 6.07 Å². The largest absolute Gasteiger partial charge is 0.507 e. The summed E-state index contributed by atoms with van der Waals surface area (Å²) in [7, 11) is 1.80. The van der Waals surface area contributed by atoms with Crippen LogP contribution in [0, 0.1) is 11.3 Å². The van der Waals surface area contributed by atoms with Crippen molar-refractivity contribution < 1.29 is 15.0 Å². The number of aryl methyl sites for hydroxylation is 1. The van der Waals surface area contributed by atoms with Gasteiger partial charge < -0.3 is 14.8 Å². The Bertz CT molecular complexity index is 795. The van der Waals surface area contributed by atoms with Gasteiger partial charge in [0.1, 0.15) is 11.8 Å². The molecule has 1 fully saturated rings. The molecule has 0 radical (unpaired) electrons. The average molecular weight is 299 g/mol. The number of fused-ring (bicyclic) bond motifs is 1. The third-order valence-electron chi connectivity index (χ3n) is 4.34. The van der Waals surface area contributed by atoms with E-state index >= 15 is 0 Å². The van der Waals surface area contributed by atoms with Gasteiger partial charge in [-0.05, 0) is 38.1 Å². The quantitative estimate of drug-likeness (QED) is 0.905. The molecule has 6 nitrogen and oxygen atoms in total. The summed E-state index contributed by atoms with van der Waals surface area (Å²) < 4.78 is 1.82. The second-order valence-corrected chi connectivity index (χ2v) is 5.67. The van der Waals surface area contributed by atoms with Crippen molar-refractivity contribution in [1.29, 1.82) is 5.26 Å². The van der Waals surface area contributed by atoms with Gasteiger partial charge in [0.25, 0.3) is 0 Å². The fraction of sp³-hybridized carbons (Fsp3) is 0.375. The molecule has 2 aromatic rings. The number of nitrogens with zero attached hydrogens (tertiary/aromatic N) is 3. The van der Waals surface area contributed by atoms with Crippen molar-refractivity contribution in [2.45, 2.75) is 19.4 Å². The monoisotopic (exact) mass is 299 g/mol. The Balaban J connectivity index is 2.21. The Morgan fingerprint density at radius 3 is 2.64 bits per heavy atom. The van der Waals surface area contributed by atoms with Crippen LogP contribution in [0.2, 0.25) is 0 Å². The molecule has 114 valence electrons. The van der Waals surface area contributed by atoms with E-state index in [9.17, 15) is 15.0 Å². The molecule has 2 N–H and O–H groups in total. The van der Waals surface area contributed by atoms with E-state index in [4.69, 9.17) is 5.26 Å². The Kier molecular flexibility index (Phi) is 3.51. The molecular formula is C16H17N3O3. The Labute approximate surface area is 127 Å². The summed E-state index contributed by atoms with van der Waals surface area (Å²) in [6, 6.07) is 4.85. The van der Waals surface area contributed by atoms with Gasteiger partial charge in [-0.25, -0.2) is 4.79 Å². The summed E-state index contributed by atoms with van der Waals surface area (Å²) in [5.74, 6) is -1.19. The molecule has 2 heterocycles. The number of aromatic nitrogens is 1. The molecule has 1 aliphatic rings. The van der Waals surface area contributed by atoms with Gasteiger partial charge >= 0.3 is 5.97 Å². The van der Waals surface area contributed by atoms with Crippen LogP contribution in [-0.2, 0) is 13.6 Å². The normalized spacial score (nSPS) is 15.3. The second kappa shape index (κ2) is 5.35. The molecule has 1 saturated heterocycles. The molecule has 0 atom stereocenters. The number of phenolic OH excluding ortho intramolecular Hbond substituents is 1. The lowest BCUT2D eigenvalue weighted by Crippen LogP contribution is -2.21. The zero-order chi connectivity index (χ0) is 15.9. The minimum absolute atomic E-state index is 0.151. The molecule has 22 heavy (non-hydrogen) atoms. The van der Waals surface area contributed by atoms with Crippen molar-refractivity contribution in [2.24, 2.45) is 7.05 Å². The van der Waals surface area contributed by atoms with E-state index in [1.807, 2.05) is 10.6 Å². The SMILES string of the molecule is Cn1c(CN2CCCC2)c(C(=O)O)c2cc(O)c(C#N)cc21. The van der Waals surface area contributed by atoms with E-state index < -0.39 is 5.97 Å². The number of nitriles is 1. The van der Waals surface area contributed by atoms with Crippen LogP contribution in [0.3, 0.4) is 0 Å². The Morgan fingerprint density at radius 1 is 1.36 bits per heavy atom. The van der Waals surface area contributed by atoms with Crippen molar-refractivity contribution in [3.63, 3.8) is 0 Å². The van der Waals surface area contributed by atoms with Crippen LogP contribution in [0.1, 0.15) is 34.5 Å². The predicted octanol–water partition coefficient (Wildman–Crippen LogP) is 2.05. The summed E-state index contributed by atoms with van der Waals surface area (Å²) >= 11 is 0. The van der Waals surface area contributed by atoms with Gasteiger partial charge in [0, 0.05) is 24.7 Å². The fourth-order valence-corrected chi connectivity index (χ4v) is 3.19. The van der Waals surface area contributed by atoms with Crippen LogP contribution in [0.5, 0.6) is 5.75 Å². The first-order valence-corrected chi connectivity index (χ1v) is 7.23. The molecule has 0 spiro atoms. The van der Waals surface area contributed by atoms with Gasteiger partial charge in [-0.3, -0.25) is 4.90 Å². The molecule has 1 aromatic heterocycles. The third-order valence-corrected chi connectivity index (χ3v) is 4.34. The lowest BCUT2D eigenvalue weighted by molar-refractivity contribution is 0.0696. The highest BCUT2D eigenvalue weighted by Gasteiger charge is 2.24. The number of aromatic carboxylic acids is 1. The maximum Gasteiger partial charge on any atom is 0.338 e. The van der Waals surface area contributed by atoms with Crippen molar-refractivity contribution >= 4 is 16.9 Å². The van der Waals surface area contributed by atoms with E-state index in [0.717, 1.165) is 25.9 Å². The van der Waals surface area contributed by atoms with Gasteiger partial charge in [0.05, 0.1) is 16.6 Å². The lowest BCUT2D eigenvalue weighted by Gasteiger charge is -2.16. The van der Waals surface area contributed by atoms with Crippen LogP contribution < -0.4 is 0 Å². The van der Waals surface area contributed by atoms with Gasteiger partial charge in [-0.15, -0.1) is 0 Å². The van der Waals surface area contributed by atoms with Crippen molar-refractivity contribution in [3.8, 4) is 11.8 Å². The van der Waals surface area contributed by atoms with Crippen LogP contribution in [0.4, 0.5) is 0 Å². The highest BCUT2D eigenvalue weighted by Crippen LogP contribution is 2.32. The average Bonchev–Trinajstić information content (AvgIpc) is 3.06. The molecule has 0 bridgehead atoms. The molecular weight excluding hydrogens is 282 g/mol. The number of rotatable bonds is 3. The molecule has 3 rings (SSSR count). The zero-order valence-corrected chi connectivity index (χ0v) is 12.3. The molecule has 0 aliphatic carbocycles. The highest BCUT2D eigenvalue weighted by atomic mass is 16.4. The standard InChI is InChI=1S/C16H17N3O3/c1-18-12-6-10(8-17)14(20)7-11(12)15(16(21)22)13(18)9-19-4-2-3-5-19/h6-7,20H,2-5,9H2,1H3,(H,21,22). The number of likely N-dealkylation sites (tertiary alicyclic amines) is 1. The fourth-order valence-electron chi connectivity index (χ4n) is 3.19. The van der Waals surface area contributed by atoms with Crippen molar-refractivity contribution in [1.82, 2.24) is 9.47 Å². The molecule has 0 unspecified atom stereocenters. The molecule has 0 saturated carbocycles. The number of hydrogen-bond donors (Lipinski definition) is 2. The molecule has 1 aromatic carbocycles. The first kappa shape index (κ1) is 14.4. The molecule has 6 heteroatoms. The van der Waals surface area contributed by atoms with Crippen LogP contribution in [0.25, 0.3) is 10.9 Å². The van der Waals surface area contributed by atoms with E-state index in [0.29, 0.717) is 23.1 Å². The maximum absolute atomic E-state index is 11.7. The van der Waals surface area contributed by atoms with E-state index in [2.05, 4.69) is 4.90 Å². The summed E-state index contributed by atoms with van der Waals surface area (Å²) in [5, 5.41) is 29.0. The smallest absolute Gasteiger partial charge is 0.338 e. The van der Waals surface area contributed by atoms with E-state index in [1.54, 1.807) is 13.1 Å². The topological polar surface area (TPSA) is 89.5 Å².